The molecule has 0 unspecified atom stereocenters. The molecule has 0 bridgehead atoms. The van der Waals surface area contributed by atoms with E-state index in [9.17, 15) is 14.0 Å². The lowest BCUT2D eigenvalue weighted by atomic mass is 9.94. The zero-order valence-corrected chi connectivity index (χ0v) is 15.1. The van der Waals surface area contributed by atoms with Crippen molar-refractivity contribution in [3.05, 3.63) is 75.2 Å². The number of hydrogen-bond acceptors (Lipinski definition) is 2. The standard InChI is InChI=1S/C18H14Cl2FN3O2/c1-9-15(17(25)23-14-5-3-2-4-13(14)21)16(24-18(26)22-9)11-7-6-10(19)8-12(11)20/h2-8,16H,1H3,(H,23,25)(H2,22,24,26)/t16-/m1/s1. The molecular formula is C18H14Cl2FN3O2. The van der Waals surface area contributed by atoms with E-state index in [0.717, 1.165) is 0 Å². The summed E-state index contributed by atoms with van der Waals surface area (Å²) in [6.07, 6.45) is 0. The van der Waals surface area contributed by atoms with Crippen LogP contribution in [0.25, 0.3) is 0 Å². The molecule has 0 fully saturated rings. The lowest BCUT2D eigenvalue weighted by molar-refractivity contribution is -0.113. The van der Waals surface area contributed by atoms with Crippen LogP contribution in [0, 0.1) is 5.82 Å². The summed E-state index contributed by atoms with van der Waals surface area (Å²) in [5.41, 5.74) is 1.11. The van der Waals surface area contributed by atoms with Gasteiger partial charge in [0.1, 0.15) is 5.82 Å². The first-order valence-corrected chi connectivity index (χ1v) is 8.41. The van der Waals surface area contributed by atoms with Gasteiger partial charge < -0.3 is 16.0 Å². The average molecular weight is 394 g/mol. The number of halogens is 3. The van der Waals surface area contributed by atoms with E-state index in [1.165, 1.54) is 24.3 Å². The van der Waals surface area contributed by atoms with Gasteiger partial charge in [0.05, 0.1) is 17.3 Å². The Labute approximate surface area is 159 Å². The van der Waals surface area contributed by atoms with Gasteiger partial charge in [0.2, 0.25) is 0 Å². The van der Waals surface area contributed by atoms with Gasteiger partial charge in [0.25, 0.3) is 5.91 Å². The smallest absolute Gasteiger partial charge is 0.319 e. The molecule has 0 spiro atoms. The van der Waals surface area contributed by atoms with E-state index < -0.39 is 23.8 Å². The maximum Gasteiger partial charge on any atom is 0.319 e. The van der Waals surface area contributed by atoms with Crippen molar-refractivity contribution in [3.63, 3.8) is 0 Å². The number of para-hydroxylation sites is 1. The van der Waals surface area contributed by atoms with Gasteiger partial charge in [-0.2, -0.15) is 0 Å². The van der Waals surface area contributed by atoms with E-state index in [0.29, 0.717) is 21.3 Å². The quantitative estimate of drug-likeness (QED) is 0.722. The van der Waals surface area contributed by atoms with Crippen LogP contribution in [0.5, 0.6) is 0 Å². The molecule has 0 saturated heterocycles. The number of allylic oxidation sites excluding steroid dienone is 1. The lowest BCUT2D eigenvalue weighted by Crippen LogP contribution is -2.46. The van der Waals surface area contributed by atoms with E-state index >= 15 is 0 Å². The summed E-state index contributed by atoms with van der Waals surface area (Å²) in [5.74, 6) is -1.12. The summed E-state index contributed by atoms with van der Waals surface area (Å²) >= 11 is 12.2. The predicted molar refractivity (Wildman–Crippen MR) is 98.6 cm³/mol. The van der Waals surface area contributed by atoms with Crippen LogP contribution in [0.1, 0.15) is 18.5 Å². The summed E-state index contributed by atoms with van der Waals surface area (Å²) in [5, 5.41) is 8.46. The topological polar surface area (TPSA) is 70.2 Å². The average Bonchev–Trinajstić information content (AvgIpc) is 2.56. The number of benzene rings is 2. The predicted octanol–water partition coefficient (Wildman–Crippen LogP) is 4.40. The Morgan fingerprint density at radius 3 is 2.62 bits per heavy atom. The van der Waals surface area contributed by atoms with Gasteiger partial charge in [0, 0.05) is 15.7 Å². The van der Waals surface area contributed by atoms with Gasteiger partial charge in [-0.1, -0.05) is 41.4 Å². The molecule has 3 N–H and O–H groups in total. The van der Waals surface area contributed by atoms with Crippen molar-refractivity contribution in [1.82, 2.24) is 10.6 Å². The maximum absolute atomic E-state index is 13.9. The van der Waals surface area contributed by atoms with Gasteiger partial charge in [-0.3, -0.25) is 4.79 Å². The maximum atomic E-state index is 13.9. The molecule has 5 nitrogen and oxygen atoms in total. The van der Waals surface area contributed by atoms with E-state index in [4.69, 9.17) is 23.2 Å². The van der Waals surface area contributed by atoms with Crippen molar-refractivity contribution in [1.29, 1.82) is 0 Å². The zero-order chi connectivity index (χ0) is 18.8. The number of carbonyl (C=O) groups excluding carboxylic acids is 2. The Balaban J connectivity index is 2.00. The van der Waals surface area contributed by atoms with Gasteiger partial charge in [-0.15, -0.1) is 0 Å². The van der Waals surface area contributed by atoms with Crippen LogP contribution < -0.4 is 16.0 Å². The number of nitrogens with one attached hydrogen (secondary N) is 3. The molecular weight excluding hydrogens is 380 g/mol. The highest BCUT2D eigenvalue weighted by atomic mass is 35.5. The van der Waals surface area contributed by atoms with Crippen molar-refractivity contribution >= 4 is 40.8 Å². The summed E-state index contributed by atoms with van der Waals surface area (Å²) in [7, 11) is 0. The molecule has 1 aliphatic heterocycles. The van der Waals surface area contributed by atoms with Crippen LogP contribution in [-0.2, 0) is 4.79 Å². The number of amides is 3. The van der Waals surface area contributed by atoms with Gasteiger partial charge in [-0.05, 0) is 36.8 Å². The molecule has 2 aromatic carbocycles. The Morgan fingerprint density at radius 2 is 1.92 bits per heavy atom. The molecule has 0 aliphatic carbocycles. The van der Waals surface area contributed by atoms with Crippen LogP contribution in [0.3, 0.4) is 0 Å². The minimum atomic E-state index is -0.805. The third-order valence-electron chi connectivity index (χ3n) is 3.91. The Kier molecular flexibility index (Phi) is 5.15. The minimum Gasteiger partial charge on any atom is -0.327 e. The number of carbonyl (C=O) groups is 2. The summed E-state index contributed by atoms with van der Waals surface area (Å²) < 4.78 is 13.9. The third-order valence-corrected chi connectivity index (χ3v) is 4.47. The van der Waals surface area contributed by atoms with E-state index in [-0.39, 0.29) is 11.3 Å². The second-order valence-electron chi connectivity index (χ2n) is 5.67. The largest absolute Gasteiger partial charge is 0.327 e. The Morgan fingerprint density at radius 1 is 1.19 bits per heavy atom. The van der Waals surface area contributed by atoms with Crippen LogP contribution in [-0.4, -0.2) is 11.9 Å². The number of anilines is 1. The van der Waals surface area contributed by atoms with Gasteiger partial charge in [-0.25, -0.2) is 9.18 Å². The molecule has 3 amide bonds. The molecule has 1 aliphatic rings. The molecule has 0 radical (unpaired) electrons. The highest BCUT2D eigenvalue weighted by Gasteiger charge is 2.32. The minimum absolute atomic E-state index is 0.0376. The highest BCUT2D eigenvalue weighted by molar-refractivity contribution is 6.35. The van der Waals surface area contributed by atoms with E-state index in [1.54, 1.807) is 25.1 Å². The monoisotopic (exact) mass is 393 g/mol. The molecule has 26 heavy (non-hydrogen) atoms. The second-order valence-corrected chi connectivity index (χ2v) is 6.51. The van der Waals surface area contributed by atoms with Crippen molar-refractivity contribution in [2.24, 2.45) is 0 Å². The van der Waals surface area contributed by atoms with Crippen molar-refractivity contribution < 1.29 is 14.0 Å². The molecule has 8 heteroatoms. The molecule has 1 atom stereocenters. The number of rotatable bonds is 3. The fraction of sp³-hybridized carbons (Fsp3) is 0.111. The number of urea groups is 1. The Hall–Kier alpha value is -2.57. The van der Waals surface area contributed by atoms with E-state index in [1.807, 2.05) is 0 Å². The van der Waals surface area contributed by atoms with Crippen molar-refractivity contribution in [2.75, 3.05) is 5.32 Å². The molecule has 2 aromatic rings. The normalized spacial score (nSPS) is 16.8. The van der Waals surface area contributed by atoms with Crippen molar-refractivity contribution in [2.45, 2.75) is 13.0 Å². The SMILES string of the molecule is CC1=C(C(=O)Nc2ccccc2F)[C@@H](c2ccc(Cl)cc2Cl)NC(=O)N1. The fourth-order valence-electron chi connectivity index (χ4n) is 2.72. The first-order valence-electron chi connectivity index (χ1n) is 7.66. The van der Waals surface area contributed by atoms with E-state index in [2.05, 4.69) is 16.0 Å². The highest BCUT2D eigenvalue weighted by Crippen LogP contribution is 2.33. The lowest BCUT2D eigenvalue weighted by Gasteiger charge is -2.29. The van der Waals surface area contributed by atoms with Crippen LogP contribution >= 0.6 is 23.2 Å². The molecule has 0 aromatic heterocycles. The third kappa shape index (κ3) is 3.66. The van der Waals surface area contributed by atoms with Crippen LogP contribution in [0.4, 0.5) is 14.9 Å². The van der Waals surface area contributed by atoms with Crippen molar-refractivity contribution in [3.8, 4) is 0 Å². The molecule has 1 heterocycles. The van der Waals surface area contributed by atoms with Gasteiger partial charge in [0.15, 0.2) is 0 Å². The first kappa shape index (κ1) is 18.2. The summed E-state index contributed by atoms with van der Waals surface area (Å²) in [6, 6.07) is 9.30. The van der Waals surface area contributed by atoms with Gasteiger partial charge >= 0.3 is 6.03 Å². The first-order chi connectivity index (χ1) is 12.4. The molecule has 3 rings (SSSR count). The summed E-state index contributed by atoms with van der Waals surface area (Å²) in [6.45, 7) is 1.59. The number of hydrogen-bond donors (Lipinski definition) is 3. The molecule has 0 saturated carbocycles. The zero-order valence-electron chi connectivity index (χ0n) is 13.6. The summed E-state index contributed by atoms with van der Waals surface area (Å²) in [4.78, 5) is 24.7. The fourth-order valence-corrected chi connectivity index (χ4v) is 3.23. The Bertz CT molecular complexity index is 930. The molecule has 134 valence electrons. The van der Waals surface area contributed by atoms with Crippen LogP contribution in [0.2, 0.25) is 10.0 Å². The van der Waals surface area contributed by atoms with Crippen LogP contribution in [0.15, 0.2) is 53.7 Å². The second kappa shape index (κ2) is 7.35.